The minimum Gasteiger partial charge on any atom is -0.493 e. The topological polar surface area (TPSA) is 102 Å². The highest BCUT2D eigenvalue weighted by atomic mass is 16.6. The van der Waals surface area contributed by atoms with Gasteiger partial charge in [-0.15, -0.1) is 0 Å². The molecule has 152 valence electrons. The maximum absolute atomic E-state index is 12.3. The fraction of sp³-hybridized carbons (Fsp3) is 0.600. The van der Waals surface area contributed by atoms with Crippen LogP contribution in [0.3, 0.4) is 0 Å². The summed E-state index contributed by atoms with van der Waals surface area (Å²) in [6.45, 7) is 1.19. The Hall–Kier alpha value is -2.48. The molecule has 1 aromatic carbocycles. The summed E-state index contributed by atoms with van der Waals surface area (Å²) in [6.07, 6.45) is 8.63. The summed E-state index contributed by atoms with van der Waals surface area (Å²) in [5.74, 6) is 1.01. The van der Waals surface area contributed by atoms with E-state index in [1.54, 1.807) is 0 Å². The minimum absolute atomic E-state index is 0.0132. The van der Waals surface area contributed by atoms with Crippen LogP contribution in [0.2, 0.25) is 0 Å². The predicted molar refractivity (Wildman–Crippen MR) is 103 cm³/mol. The Morgan fingerprint density at radius 3 is 2.86 bits per heavy atom. The first-order chi connectivity index (χ1) is 13.6. The first kappa shape index (κ1) is 20.3. The second-order valence-electron chi connectivity index (χ2n) is 7.53. The molecule has 1 N–H and O–H groups in total. The van der Waals surface area contributed by atoms with Gasteiger partial charge in [-0.25, -0.2) is 5.01 Å². The van der Waals surface area contributed by atoms with Crippen LogP contribution >= 0.6 is 0 Å². The number of rotatable bonds is 8. The summed E-state index contributed by atoms with van der Waals surface area (Å²) in [6, 6.07) is 4.60. The Kier molecular flexibility index (Phi) is 6.97. The Balaban J connectivity index is 1.42. The largest absolute Gasteiger partial charge is 0.493 e. The number of nitrogens with zero attached hydrogens (tertiary/aromatic N) is 2. The van der Waals surface area contributed by atoms with Crippen molar-refractivity contribution in [2.75, 3.05) is 13.2 Å². The molecule has 3 rings (SSSR count). The molecule has 2 fully saturated rings. The molecule has 1 heterocycles. The van der Waals surface area contributed by atoms with E-state index in [2.05, 4.69) is 10.4 Å². The third-order valence-corrected chi connectivity index (χ3v) is 5.65. The molecule has 0 bridgehead atoms. The second-order valence-corrected chi connectivity index (χ2v) is 7.53. The van der Waals surface area contributed by atoms with Crippen molar-refractivity contribution < 1.29 is 19.2 Å². The van der Waals surface area contributed by atoms with Crippen LogP contribution in [0, 0.1) is 16.0 Å². The lowest BCUT2D eigenvalue weighted by Crippen LogP contribution is -2.55. The SMILES string of the molecule is O=Cc1ccc(OCCCC(=O)NN2CCCC3CCCCC32)cc1[N+](=O)[O-]. The first-order valence-corrected chi connectivity index (χ1v) is 10.0. The molecule has 0 spiro atoms. The van der Waals surface area contributed by atoms with E-state index in [1.165, 1.54) is 43.9 Å². The molecular formula is C20H27N3O5. The van der Waals surface area contributed by atoms with E-state index in [1.807, 2.05) is 0 Å². The Labute approximate surface area is 164 Å². The Morgan fingerprint density at radius 2 is 2.07 bits per heavy atom. The molecular weight excluding hydrogens is 362 g/mol. The number of hydrazine groups is 1. The van der Waals surface area contributed by atoms with Crippen molar-refractivity contribution in [2.24, 2.45) is 5.92 Å². The highest BCUT2D eigenvalue weighted by Crippen LogP contribution is 2.34. The zero-order chi connectivity index (χ0) is 19.9. The number of nitro benzene ring substituents is 1. The van der Waals surface area contributed by atoms with Gasteiger partial charge in [0.2, 0.25) is 5.91 Å². The number of carbonyl (C=O) groups is 2. The molecule has 1 aromatic rings. The number of ether oxygens (including phenoxy) is 1. The molecule has 1 amide bonds. The van der Waals surface area contributed by atoms with Crippen molar-refractivity contribution >= 4 is 17.9 Å². The van der Waals surface area contributed by atoms with E-state index in [-0.39, 0.29) is 23.8 Å². The average Bonchev–Trinajstić information content (AvgIpc) is 2.71. The van der Waals surface area contributed by atoms with Crippen LogP contribution in [0.4, 0.5) is 5.69 Å². The number of piperidine rings is 1. The summed E-state index contributed by atoms with van der Waals surface area (Å²) < 4.78 is 5.51. The number of nitrogens with one attached hydrogen (secondary N) is 1. The normalized spacial score (nSPS) is 22.1. The van der Waals surface area contributed by atoms with Gasteiger partial charge in [-0.3, -0.25) is 25.1 Å². The van der Waals surface area contributed by atoms with Crippen LogP contribution in [0.5, 0.6) is 5.75 Å². The zero-order valence-electron chi connectivity index (χ0n) is 16.0. The van der Waals surface area contributed by atoms with Crippen LogP contribution < -0.4 is 10.2 Å². The van der Waals surface area contributed by atoms with Gasteiger partial charge in [0.15, 0.2) is 6.29 Å². The summed E-state index contributed by atoms with van der Waals surface area (Å²) >= 11 is 0. The summed E-state index contributed by atoms with van der Waals surface area (Å²) in [5, 5.41) is 13.1. The predicted octanol–water partition coefficient (Wildman–Crippen LogP) is 3.25. The molecule has 1 saturated heterocycles. The van der Waals surface area contributed by atoms with E-state index in [0.717, 1.165) is 19.4 Å². The van der Waals surface area contributed by atoms with Crippen molar-refractivity contribution in [1.82, 2.24) is 10.4 Å². The van der Waals surface area contributed by atoms with Crippen LogP contribution in [-0.4, -0.2) is 41.3 Å². The maximum Gasteiger partial charge on any atom is 0.283 e. The quantitative estimate of drug-likeness (QED) is 0.317. The lowest BCUT2D eigenvalue weighted by Gasteiger charge is -2.43. The summed E-state index contributed by atoms with van der Waals surface area (Å²) in [7, 11) is 0. The molecule has 1 aliphatic heterocycles. The molecule has 8 nitrogen and oxygen atoms in total. The van der Waals surface area contributed by atoms with Crippen molar-refractivity contribution in [2.45, 2.75) is 57.4 Å². The molecule has 1 aliphatic carbocycles. The monoisotopic (exact) mass is 389 g/mol. The second kappa shape index (κ2) is 9.64. The molecule has 0 aromatic heterocycles. The number of aldehydes is 1. The number of benzene rings is 1. The van der Waals surface area contributed by atoms with Crippen molar-refractivity contribution in [3.05, 3.63) is 33.9 Å². The van der Waals surface area contributed by atoms with Crippen molar-refractivity contribution in [3.63, 3.8) is 0 Å². The van der Waals surface area contributed by atoms with Crippen LogP contribution in [0.1, 0.15) is 61.7 Å². The van der Waals surface area contributed by atoms with Gasteiger partial charge >= 0.3 is 0 Å². The first-order valence-electron chi connectivity index (χ1n) is 10.0. The molecule has 2 atom stereocenters. The number of carbonyl (C=O) groups excluding carboxylic acids is 2. The number of nitro groups is 1. The van der Waals surface area contributed by atoms with E-state index < -0.39 is 4.92 Å². The third kappa shape index (κ3) is 5.07. The van der Waals surface area contributed by atoms with E-state index in [9.17, 15) is 19.7 Å². The molecule has 28 heavy (non-hydrogen) atoms. The fourth-order valence-electron chi connectivity index (χ4n) is 4.27. The van der Waals surface area contributed by atoms with Crippen LogP contribution in [-0.2, 0) is 4.79 Å². The highest BCUT2D eigenvalue weighted by molar-refractivity contribution is 5.81. The van der Waals surface area contributed by atoms with Gasteiger partial charge in [-0.05, 0) is 50.2 Å². The number of hydrogen-bond acceptors (Lipinski definition) is 6. The maximum atomic E-state index is 12.3. The van der Waals surface area contributed by atoms with Crippen LogP contribution in [0.15, 0.2) is 18.2 Å². The van der Waals surface area contributed by atoms with Gasteiger partial charge < -0.3 is 4.74 Å². The van der Waals surface area contributed by atoms with Gasteiger partial charge in [0.1, 0.15) is 5.75 Å². The highest BCUT2D eigenvalue weighted by Gasteiger charge is 2.33. The third-order valence-electron chi connectivity index (χ3n) is 5.65. The fourth-order valence-corrected chi connectivity index (χ4v) is 4.27. The minimum atomic E-state index is -0.610. The van der Waals surface area contributed by atoms with Gasteiger partial charge in [0, 0.05) is 19.0 Å². The molecule has 2 aliphatic rings. The number of amides is 1. The lowest BCUT2D eigenvalue weighted by atomic mass is 9.79. The number of fused-ring (bicyclic) bond motifs is 1. The van der Waals surface area contributed by atoms with E-state index in [4.69, 9.17) is 4.74 Å². The van der Waals surface area contributed by atoms with E-state index in [0.29, 0.717) is 36.8 Å². The average molecular weight is 389 g/mol. The van der Waals surface area contributed by atoms with Gasteiger partial charge in [0.25, 0.3) is 5.69 Å². The van der Waals surface area contributed by atoms with Crippen LogP contribution in [0.25, 0.3) is 0 Å². The van der Waals surface area contributed by atoms with Crippen molar-refractivity contribution in [3.8, 4) is 5.75 Å². The van der Waals surface area contributed by atoms with Gasteiger partial charge in [0.05, 0.1) is 23.2 Å². The van der Waals surface area contributed by atoms with Crippen molar-refractivity contribution in [1.29, 1.82) is 0 Å². The molecule has 1 saturated carbocycles. The Morgan fingerprint density at radius 1 is 1.29 bits per heavy atom. The standard InChI is InChI=1S/C20H27N3O5/c24-14-16-9-10-17(13-19(16)23(26)27)28-12-4-8-20(25)21-22-11-3-6-15-5-1-2-7-18(15)22/h9-10,13-15,18H,1-8,11-12H2,(H,21,25). The summed E-state index contributed by atoms with van der Waals surface area (Å²) in [4.78, 5) is 33.5. The molecule has 8 heteroatoms. The number of hydrogen-bond donors (Lipinski definition) is 1. The summed E-state index contributed by atoms with van der Waals surface area (Å²) in [5.41, 5.74) is 2.80. The van der Waals surface area contributed by atoms with E-state index >= 15 is 0 Å². The molecule has 0 radical (unpaired) electrons. The Bertz CT molecular complexity index is 722. The molecule has 2 unspecified atom stereocenters. The van der Waals surface area contributed by atoms with Gasteiger partial charge in [-0.2, -0.15) is 0 Å². The smallest absolute Gasteiger partial charge is 0.283 e. The lowest BCUT2D eigenvalue weighted by molar-refractivity contribution is -0.385. The van der Waals surface area contributed by atoms with Gasteiger partial charge in [-0.1, -0.05) is 12.8 Å². The zero-order valence-corrected chi connectivity index (χ0v) is 16.0.